The van der Waals surface area contributed by atoms with Gasteiger partial charge in [-0.1, -0.05) is 6.92 Å². The summed E-state index contributed by atoms with van der Waals surface area (Å²) in [5, 5.41) is 5.43. The van der Waals surface area contributed by atoms with Crippen LogP contribution in [0.15, 0.2) is 0 Å². The Balaban J connectivity index is 3.55. The molecule has 0 aliphatic carbocycles. The second kappa shape index (κ2) is 7.61. The van der Waals surface area contributed by atoms with Crippen LogP contribution in [-0.4, -0.2) is 46.8 Å². The maximum Gasteiger partial charge on any atom is 0.233 e. The molecule has 0 radical (unpaired) electrons. The number of hydrogen-bond acceptors (Lipinski definition) is 4. The van der Waals surface area contributed by atoms with Crippen LogP contribution in [0.2, 0.25) is 0 Å². The minimum Gasteiger partial charge on any atom is -0.354 e. The van der Waals surface area contributed by atoms with Crippen molar-refractivity contribution in [3.8, 4) is 0 Å². The zero-order valence-electron chi connectivity index (χ0n) is 9.17. The SMILES string of the molecule is CCCNCC(=O)NCCS(=O)(=O)NC. The van der Waals surface area contributed by atoms with Gasteiger partial charge in [0.15, 0.2) is 0 Å². The van der Waals surface area contributed by atoms with E-state index in [1.807, 2.05) is 6.92 Å². The molecular weight excluding hydrogens is 218 g/mol. The molecule has 1 amide bonds. The Labute approximate surface area is 90.9 Å². The maximum absolute atomic E-state index is 11.1. The molecule has 0 heterocycles. The number of nitrogens with one attached hydrogen (secondary N) is 3. The fourth-order valence-corrected chi connectivity index (χ4v) is 1.44. The third kappa shape index (κ3) is 8.34. The lowest BCUT2D eigenvalue weighted by molar-refractivity contribution is -0.120. The second-order valence-electron chi connectivity index (χ2n) is 3.05. The molecule has 0 aromatic rings. The lowest BCUT2D eigenvalue weighted by Crippen LogP contribution is -2.38. The van der Waals surface area contributed by atoms with E-state index in [1.165, 1.54) is 7.05 Å². The molecule has 0 spiro atoms. The van der Waals surface area contributed by atoms with E-state index in [0.717, 1.165) is 13.0 Å². The maximum atomic E-state index is 11.1. The van der Waals surface area contributed by atoms with E-state index in [2.05, 4.69) is 15.4 Å². The highest BCUT2D eigenvalue weighted by atomic mass is 32.2. The molecule has 0 atom stereocenters. The summed E-state index contributed by atoms with van der Waals surface area (Å²) < 4.78 is 24.1. The first-order valence-corrected chi connectivity index (χ1v) is 6.55. The van der Waals surface area contributed by atoms with Gasteiger partial charge in [-0.3, -0.25) is 4.79 Å². The van der Waals surface area contributed by atoms with Gasteiger partial charge in [0.05, 0.1) is 12.3 Å². The van der Waals surface area contributed by atoms with Crippen LogP contribution in [0.5, 0.6) is 0 Å². The van der Waals surface area contributed by atoms with Gasteiger partial charge in [-0.15, -0.1) is 0 Å². The summed E-state index contributed by atoms with van der Waals surface area (Å²) in [5.41, 5.74) is 0. The Morgan fingerprint density at radius 1 is 1.27 bits per heavy atom. The summed E-state index contributed by atoms with van der Waals surface area (Å²) in [6, 6.07) is 0. The van der Waals surface area contributed by atoms with E-state index < -0.39 is 10.0 Å². The van der Waals surface area contributed by atoms with Crippen molar-refractivity contribution in [3.63, 3.8) is 0 Å². The predicted octanol–water partition coefficient (Wildman–Crippen LogP) is -1.35. The van der Waals surface area contributed by atoms with Crippen molar-refractivity contribution >= 4 is 15.9 Å². The first-order chi connectivity index (χ1) is 7.02. The second-order valence-corrected chi connectivity index (χ2v) is 5.10. The molecule has 7 heteroatoms. The van der Waals surface area contributed by atoms with Gasteiger partial charge in [-0.25, -0.2) is 13.1 Å². The Bertz CT molecular complexity index is 277. The van der Waals surface area contributed by atoms with Crippen molar-refractivity contribution in [2.24, 2.45) is 0 Å². The summed E-state index contributed by atoms with van der Waals surface area (Å²) in [6.45, 7) is 3.15. The predicted molar refractivity (Wildman–Crippen MR) is 59.0 cm³/mol. The van der Waals surface area contributed by atoms with E-state index in [4.69, 9.17) is 0 Å². The van der Waals surface area contributed by atoms with Crippen LogP contribution in [0.1, 0.15) is 13.3 Å². The molecule has 0 aromatic carbocycles. The minimum atomic E-state index is -3.23. The molecule has 0 saturated carbocycles. The first kappa shape index (κ1) is 14.3. The minimum absolute atomic E-state index is 0.0942. The average molecular weight is 237 g/mol. The highest BCUT2D eigenvalue weighted by Gasteiger charge is 2.07. The van der Waals surface area contributed by atoms with Crippen molar-refractivity contribution in [2.75, 3.05) is 32.4 Å². The van der Waals surface area contributed by atoms with E-state index in [-0.39, 0.29) is 24.7 Å². The highest BCUT2D eigenvalue weighted by Crippen LogP contribution is 1.79. The molecule has 0 saturated heterocycles. The molecule has 0 unspecified atom stereocenters. The number of carbonyl (C=O) groups is 1. The first-order valence-electron chi connectivity index (χ1n) is 4.90. The van der Waals surface area contributed by atoms with Gasteiger partial charge >= 0.3 is 0 Å². The van der Waals surface area contributed by atoms with Crippen molar-refractivity contribution < 1.29 is 13.2 Å². The van der Waals surface area contributed by atoms with Gasteiger partial charge in [0.1, 0.15) is 0 Å². The normalized spacial score (nSPS) is 11.3. The van der Waals surface area contributed by atoms with Gasteiger partial charge in [-0.05, 0) is 20.0 Å². The fraction of sp³-hybridized carbons (Fsp3) is 0.875. The van der Waals surface area contributed by atoms with Crippen molar-refractivity contribution in [1.82, 2.24) is 15.4 Å². The molecule has 15 heavy (non-hydrogen) atoms. The van der Waals surface area contributed by atoms with Crippen molar-refractivity contribution in [1.29, 1.82) is 0 Å². The Hall–Kier alpha value is -0.660. The number of amides is 1. The quantitative estimate of drug-likeness (QED) is 0.456. The van der Waals surface area contributed by atoms with Crippen molar-refractivity contribution in [2.45, 2.75) is 13.3 Å². The summed E-state index contributed by atoms with van der Waals surface area (Å²) in [6.07, 6.45) is 0.960. The Morgan fingerprint density at radius 2 is 1.93 bits per heavy atom. The molecule has 90 valence electrons. The molecule has 0 aromatic heterocycles. The Morgan fingerprint density at radius 3 is 2.47 bits per heavy atom. The van der Waals surface area contributed by atoms with E-state index in [9.17, 15) is 13.2 Å². The van der Waals surface area contributed by atoms with Gasteiger partial charge in [0.2, 0.25) is 15.9 Å². The molecule has 6 nitrogen and oxygen atoms in total. The van der Waals surface area contributed by atoms with Crippen LogP contribution in [0.25, 0.3) is 0 Å². The van der Waals surface area contributed by atoms with Crippen LogP contribution in [0.4, 0.5) is 0 Å². The third-order valence-corrected chi connectivity index (χ3v) is 3.08. The van der Waals surface area contributed by atoms with Gasteiger partial charge in [0.25, 0.3) is 0 Å². The van der Waals surface area contributed by atoms with Crippen LogP contribution < -0.4 is 15.4 Å². The third-order valence-electron chi connectivity index (χ3n) is 1.72. The van der Waals surface area contributed by atoms with Crippen LogP contribution >= 0.6 is 0 Å². The standard InChI is InChI=1S/C8H19N3O3S/c1-3-4-10-7-8(12)11-5-6-15(13,14)9-2/h9-10H,3-7H2,1-2H3,(H,11,12). The molecule has 0 fully saturated rings. The highest BCUT2D eigenvalue weighted by molar-refractivity contribution is 7.89. The number of hydrogen-bond donors (Lipinski definition) is 3. The van der Waals surface area contributed by atoms with E-state index >= 15 is 0 Å². The lowest BCUT2D eigenvalue weighted by Gasteiger charge is -2.06. The van der Waals surface area contributed by atoms with Crippen LogP contribution in [0, 0.1) is 0 Å². The Kier molecular flexibility index (Phi) is 7.27. The lowest BCUT2D eigenvalue weighted by atomic mass is 10.4. The molecule has 0 aliphatic rings. The molecule has 0 aliphatic heterocycles. The van der Waals surface area contributed by atoms with Gasteiger partial charge in [-0.2, -0.15) is 0 Å². The van der Waals surface area contributed by atoms with E-state index in [0.29, 0.717) is 0 Å². The largest absolute Gasteiger partial charge is 0.354 e. The van der Waals surface area contributed by atoms with Gasteiger partial charge < -0.3 is 10.6 Å². The zero-order chi connectivity index (χ0) is 11.7. The fourth-order valence-electron chi connectivity index (χ4n) is 0.868. The van der Waals surface area contributed by atoms with Crippen LogP contribution in [-0.2, 0) is 14.8 Å². The number of carbonyl (C=O) groups excluding carboxylic acids is 1. The smallest absolute Gasteiger partial charge is 0.233 e. The molecule has 0 bridgehead atoms. The van der Waals surface area contributed by atoms with Crippen molar-refractivity contribution in [3.05, 3.63) is 0 Å². The summed E-state index contributed by atoms with van der Waals surface area (Å²) in [4.78, 5) is 11.1. The van der Waals surface area contributed by atoms with Gasteiger partial charge in [0, 0.05) is 6.54 Å². The summed E-state index contributed by atoms with van der Waals surface area (Å²) in [5.74, 6) is -0.280. The monoisotopic (exact) mass is 237 g/mol. The summed E-state index contributed by atoms with van der Waals surface area (Å²) in [7, 11) is -1.88. The summed E-state index contributed by atoms with van der Waals surface area (Å²) >= 11 is 0. The zero-order valence-corrected chi connectivity index (χ0v) is 9.99. The van der Waals surface area contributed by atoms with E-state index in [1.54, 1.807) is 0 Å². The number of rotatable bonds is 8. The average Bonchev–Trinajstić information content (AvgIpc) is 2.18. The van der Waals surface area contributed by atoms with Crippen LogP contribution in [0.3, 0.4) is 0 Å². The molecule has 0 rings (SSSR count). The molecular formula is C8H19N3O3S. The topological polar surface area (TPSA) is 87.3 Å². The molecule has 3 N–H and O–H groups in total. The number of sulfonamides is 1.